The first-order valence-electron chi connectivity index (χ1n) is 10.3. The Labute approximate surface area is 179 Å². The Kier molecular flexibility index (Phi) is 6.06. The zero-order valence-electron chi connectivity index (χ0n) is 17.2. The molecule has 2 aromatic rings. The second-order valence-corrected chi connectivity index (χ2v) is 7.72. The van der Waals surface area contributed by atoms with Crippen LogP contribution in [0.4, 0.5) is 14.5 Å². The van der Waals surface area contributed by atoms with E-state index in [1.54, 1.807) is 46.2 Å². The molecule has 0 bridgehead atoms. The van der Waals surface area contributed by atoms with E-state index >= 15 is 0 Å². The van der Waals surface area contributed by atoms with E-state index in [4.69, 9.17) is 4.74 Å². The van der Waals surface area contributed by atoms with Crippen LogP contribution in [0.2, 0.25) is 0 Å². The Morgan fingerprint density at radius 2 is 1.90 bits per heavy atom. The molecule has 2 aliphatic rings. The lowest BCUT2D eigenvalue weighted by atomic mass is 10.1. The van der Waals surface area contributed by atoms with Crippen molar-refractivity contribution in [2.24, 2.45) is 0 Å². The lowest BCUT2D eigenvalue weighted by molar-refractivity contribution is -0.117. The smallest absolute Gasteiger partial charge is 0.387 e. The second kappa shape index (κ2) is 8.91. The molecule has 1 aliphatic heterocycles. The molecule has 1 saturated carbocycles. The topological polar surface area (TPSA) is 59.1 Å². The van der Waals surface area contributed by atoms with E-state index in [1.165, 1.54) is 13.2 Å². The summed E-state index contributed by atoms with van der Waals surface area (Å²) in [6, 6.07) is 12.0. The summed E-state index contributed by atoms with van der Waals surface area (Å²) in [7, 11) is 1.38. The first-order chi connectivity index (χ1) is 15.0. The minimum atomic E-state index is -2.94. The molecule has 2 amide bonds. The van der Waals surface area contributed by atoms with Crippen LogP contribution in [0.25, 0.3) is 0 Å². The van der Waals surface area contributed by atoms with Gasteiger partial charge in [-0.25, -0.2) is 0 Å². The van der Waals surface area contributed by atoms with Gasteiger partial charge in [-0.1, -0.05) is 6.07 Å². The predicted molar refractivity (Wildman–Crippen MR) is 111 cm³/mol. The molecule has 164 valence electrons. The lowest BCUT2D eigenvalue weighted by Gasteiger charge is -2.24. The van der Waals surface area contributed by atoms with Gasteiger partial charge < -0.3 is 19.3 Å². The third-order valence-electron chi connectivity index (χ3n) is 5.54. The van der Waals surface area contributed by atoms with Crippen molar-refractivity contribution in [2.75, 3.05) is 18.6 Å². The molecule has 0 radical (unpaired) electrons. The van der Waals surface area contributed by atoms with E-state index in [-0.39, 0.29) is 29.4 Å². The molecule has 1 heterocycles. The number of carbonyl (C=O) groups is 2. The minimum absolute atomic E-state index is 0.0439. The van der Waals surface area contributed by atoms with Crippen LogP contribution in [0.3, 0.4) is 0 Å². The normalized spacial score (nSPS) is 16.0. The van der Waals surface area contributed by atoms with Crippen molar-refractivity contribution in [3.63, 3.8) is 0 Å². The number of hydrogen-bond donors (Lipinski definition) is 0. The number of nitrogens with zero attached hydrogens (tertiary/aromatic N) is 2. The van der Waals surface area contributed by atoms with Gasteiger partial charge in [0.2, 0.25) is 5.91 Å². The van der Waals surface area contributed by atoms with Gasteiger partial charge in [-0.2, -0.15) is 8.78 Å². The van der Waals surface area contributed by atoms with Crippen LogP contribution >= 0.6 is 0 Å². The minimum Gasteiger partial charge on any atom is -0.493 e. The SMILES string of the molecule is COc1cc(CN(C(=O)c2ccc(N3CCCC3=O)cc2)C2CC2)ccc1OC(F)F. The van der Waals surface area contributed by atoms with Crippen LogP contribution in [0.5, 0.6) is 11.5 Å². The predicted octanol–water partition coefficient (Wildman–Crippen LogP) is 4.23. The summed E-state index contributed by atoms with van der Waals surface area (Å²) in [4.78, 5) is 28.6. The van der Waals surface area contributed by atoms with Gasteiger partial charge in [-0.05, 0) is 61.2 Å². The summed E-state index contributed by atoms with van der Waals surface area (Å²) < 4.78 is 34.7. The number of anilines is 1. The number of methoxy groups -OCH3 is 1. The fourth-order valence-electron chi connectivity index (χ4n) is 3.82. The van der Waals surface area contributed by atoms with Gasteiger partial charge in [0.05, 0.1) is 7.11 Å². The third-order valence-corrected chi connectivity index (χ3v) is 5.54. The van der Waals surface area contributed by atoms with E-state index in [2.05, 4.69) is 4.74 Å². The maximum absolute atomic E-state index is 13.2. The number of hydrogen-bond acceptors (Lipinski definition) is 4. The Morgan fingerprint density at radius 1 is 1.16 bits per heavy atom. The molecular weight excluding hydrogens is 406 g/mol. The summed E-state index contributed by atoms with van der Waals surface area (Å²) in [6.07, 6.45) is 3.26. The first kappa shape index (κ1) is 21.1. The standard InChI is InChI=1S/C23H24F2N2O4/c1-30-20-13-15(4-11-19(20)31-23(24)25)14-27(18-9-10-18)22(29)16-5-7-17(8-6-16)26-12-2-3-21(26)28/h4-8,11,13,18,23H,2-3,9-10,12,14H2,1H3. The molecule has 6 nitrogen and oxygen atoms in total. The summed E-state index contributed by atoms with van der Waals surface area (Å²) in [5.41, 5.74) is 2.11. The molecule has 31 heavy (non-hydrogen) atoms. The summed E-state index contributed by atoms with van der Waals surface area (Å²) >= 11 is 0. The molecule has 2 fully saturated rings. The first-order valence-corrected chi connectivity index (χ1v) is 10.3. The number of alkyl halides is 2. The molecule has 2 aromatic carbocycles. The van der Waals surface area contributed by atoms with Crippen molar-refractivity contribution in [2.45, 2.75) is 44.9 Å². The molecular formula is C23H24F2N2O4. The summed E-state index contributed by atoms with van der Waals surface area (Å²) in [5, 5.41) is 0. The van der Waals surface area contributed by atoms with Crippen molar-refractivity contribution in [1.82, 2.24) is 4.90 Å². The van der Waals surface area contributed by atoms with Crippen molar-refractivity contribution in [3.05, 3.63) is 53.6 Å². The maximum atomic E-state index is 13.2. The second-order valence-electron chi connectivity index (χ2n) is 7.72. The highest BCUT2D eigenvalue weighted by molar-refractivity contribution is 5.97. The average Bonchev–Trinajstić information content (AvgIpc) is 3.52. The van der Waals surface area contributed by atoms with E-state index in [9.17, 15) is 18.4 Å². The number of rotatable bonds is 8. The number of halogens is 2. The molecule has 0 aromatic heterocycles. The lowest BCUT2D eigenvalue weighted by Crippen LogP contribution is -2.32. The molecule has 1 aliphatic carbocycles. The molecule has 0 atom stereocenters. The highest BCUT2D eigenvalue weighted by Crippen LogP contribution is 2.33. The number of ether oxygens (including phenoxy) is 2. The fraction of sp³-hybridized carbons (Fsp3) is 0.391. The van der Waals surface area contributed by atoms with Crippen LogP contribution < -0.4 is 14.4 Å². The van der Waals surface area contributed by atoms with Crippen LogP contribution in [-0.2, 0) is 11.3 Å². The molecule has 8 heteroatoms. The van der Waals surface area contributed by atoms with Gasteiger partial charge in [0.25, 0.3) is 5.91 Å². The van der Waals surface area contributed by atoms with Gasteiger partial charge in [0.1, 0.15) is 0 Å². The van der Waals surface area contributed by atoms with E-state index < -0.39 is 6.61 Å². The van der Waals surface area contributed by atoms with Crippen LogP contribution in [-0.4, -0.2) is 43.0 Å². The molecule has 0 N–H and O–H groups in total. The van der Waals surface area contributed by atoms with Gasteiger partial charge >= 0.3 is 6.61 Å². The van der Waals surface area contributed by atoms with E-state index in [0.29, 0.717) is 25.1 Å². The molecule has 0 spiro atoms. The van der Waals surface area contributed by atoms with Crippen LogP contribution in [0.15, 0.2) is 42.5 Å². The van der Waals surface area contributed by atoms with E-state index in [1.807, 2.05) is 0 Å². The number of benzene rings is 2. The monoisotopic (exact) mass is 430 g/mol. The van der Waals surface area contributed by atoms with Gasteiger partial charge in [-0.15, -0.1) is 0 Å². The quantitative estimate of drug-likeness (QED) is 0.629. The van der Waals surface area contributed by atoms with Gasteiger partial charge in [0.15, 0.2) is 11.5 Å². The van der Waals surface area contributed by atoms with Crippen LogP contribution in [0, 0.1) is 0 Å². The fourth-order valence-corrected chi connectivity index (χ4v) is 3.82. The Bertz CT molecular complexity index is 961. The van der Waals surface area contributed by atoms with Crippen molar-refractivity contribution in [1.29, 1.82) is 0 Å². The molecule has 1 saturated heterocycles. The van der Waals surface area contributed by atoms with E-state index in [0.717, 1.165) is 30.5 Å². The number of carbonyl (C=O) groups excluding carboxylic acids is 2. The van der Waals surface area contributed by atoms with Crippen LogP contribution in [0.1, 0.15) is 41.6 Å². The van der Waals surface area contributed by atoms with Gasteiger partial charge in [-0.3, -0.25) is 9.59 Å². The van der Waals surface area contributed by atoms with Crippen molar-refractivity contribution >= 4 is 17.5 Å². The molecule has 4 rings (SSSR count). The van der Waals surface area contributed by atoms with Gasteiger partial charge in [0, 0.05) is 36.8 Å². The largest absolute Gasteiger partial charge is 0.493 e. The third kappa shape index (κ3) is 4.78. The Balaban J connectivity index is 1.50. The van der Waals surface area contributed by atoms with Crippen molar-refractivity contribution < 1.29 is 27.8 Å². The maximum Gasteiger partial charge on any atom is 0.387 e. The highest BCUT2D eigenvalue weighted by Gasteiger charge is 2.33. The van der Waals surface area contributed by atoms with Crippen molar-refractivity contribution in [3.8, 4) is 11.5 Å². The average molecular weight is 430 g/mol. The Morgan fingerprint density at radius 3 is 2.48 bits per heavy atom. The summed E-state index contributed by atoms with van der Waals surface area (Å²) in [6.45, 7) is -1.91. The Hall–Kier alpha value is -3.16. The molecule has 0 unspecified atom stereocenters. The zero-order valence-corrected chi connectivity index (χ0v) is 17.2. The summed E-state index contributed by atoms with van der Waals surface area (Å²) in [5.74, 6) is 0.152. The highest BCUT2D eigenvalue weighted by atomic mass is 19.3. The number of amides is 2. The zero-order chi connectivity index (χ0) is 22.0.